The van der Waals surface area contributed by atoms with Gasteiger partial charge in [-0.1, -0.05) is 0 Å². The highest BCUT2D eigenvalue weighted by atomic mass is 19.1. The highest BCUT2D eigenvalue weighted by Crippen LogP contribution is 2.41. The molecule has 1 saturated carbocycles. The molecule has 2 aliphatic heterocycles. The van der Waals surface area contributed by atoms with Gasteiger partial charge in [0.05, 0.1) is 30.5 Å². The summed E-state index contributed by atoms with van der Waals surface area (Å²) < 4.78 is 22.9. The summed E-state index contributed by atoms with van der Waals surface area (Å²) in [4.78, 5) is 26.3. The fourth-order valence-electron chi connectivity index (χ4n) is 4.30. The van der Waals surface area contributed by atoms with Gasteiger partial charge in [-0.3, -0.25) is 4.79 Å². The summed E-state index contributed by atoms with van der Waals surface area (Å²) in [6.45, 7) is 2.80. The minimum atomic E-state index is -1.29. The number of fused-ring (bicyclic) bond motifs is 5. The Labute approximate surface area is 154 Å². The van der Waals surface area contributed by atoms with Crippen LogP contribution in [0.3, 0.4) is 0 Å². The molecule has 1 saturated heterocycles. The molecule has 8 heteroatoms. The average Bonchev–Trinajstić information content (AvgIpc) is 3.48. The van der Waals surface area contributed by atoms with Crippen molar-refractivity contribution >= 4 is 22.6 Å². The van der Waals surface area contributed by atoms with Gasteiger partial charge >= 0.3 is 5.97 Å². The first-order chi connectivity index (χ1) is 13.1. The molecule has 3 heterocycles. The van der Waals surface area contributed by atoms with Crippen molar-refractivity contribution in [2.24, 2.45) is 0 Å². The van der Waals surface area contributed by atoms with E-state index in [-0.39, 0.29) is 29.6 Å². The number of pyridine rings is 1. The summed E-state index contributed by atoms with van der Waals surface area (Å²) in [6, 6.07) is 1.39. The zero-order valence-corrected chi connectivity index (χ0v) is 14.7. The van der Waals surface area contributed by atoms with Crippen molar-refractivity contribution in [2.45, 2.75) is 31.5 Å². The van der Waals surface area contributed by atoms with E-state index in [0.717, 1.165) is 19.4 Å². The third-order valence-corrected chi connectivity index (χ3v) is 5.70. The molecule has 2 fully saturated rings. The zero-order chi connectivity index (χ0) is 18.7. The standard InChI is InChI=1S/C19H20FN3O4/c20-15-5-12-16(23(10-1-2-10)7-13(18(12)24)19(25)26)14-9-27-8-11-6-21-3-4-22(11)17(14)15/h5,7,10-11,21H,1-4,6,8-9H2,(H,25,26)/t11-/m0/s1. The molecule has 0 amide bonds. The number of aromatic carboxylic acids is 1. The molecule has 0 spiro atoms. The number of benzene rings is 1. The van der Waals surface area contributed by atoms with Crippen molar-refractivity contribution in [1.82, 2.24) is 9.88 Å². The molecule has 5 rings (SSSR count). The highest BCUT2D eigenvalue weighted by molar-refractivity contribution is 5.95. The third kappa shape index (κ3) is 2.55. The Morgan fingerprint density at radius 3 is 2.89 bits per heavy atom. The monoisotopic (exact) mass is 373 g/mol. The zero-order valence-electron chi connectivity index (χ0n) is 14.7. The van der Waals surface area contributed by atoms with Crippen LogP contribution in [0.4, 0.5) is 10.1 Å². The van der Waals surface area contributed by atoms with Crippen molar-refractivity contribution in [3.05, 3.63) is 39.4 Å². The molecule has 1 aliphatic carbocycles. The van der Waals surface area contributed by atoms with Crippen molar-refractivity contribution in [3.63, 3.8) is 0 Å². The fourth-order valence-corrected chi connectivity index (χ4v) is 4.30. The molecular weight excluding hydrogens is 353 g/mol. The Kier molecular flexibility index (Phi) is 3.73. The maximum absolute atomic E-state index is 15.2. The number of halogens is 1. The van der Waals surface area contributed by atoms with E-state index in [1.54, 1.807) is 0 Å². The molecule has 2 N–H and O–H groups in total. The van der Waals surface area contributed by atoms with E-state index < -0.39 is 17.2 Å². The molecule has 1 aromatic carbocycles. The topological polar surface area (TPSA) is 83.8 Å². The van der Waals surface area contributed by atoms with E-state index in [1.807, 2.05) is 9.47 Å². The number of hydrogen-bond donors (Lipinski definition) is 2. The third-order valence-electron chi connectivity index (χ3n) is 5.70. The number of ether oxygens (including phenoxy) is 1. The summed E-state index contributed by atoms with van der Waals surface area (Å²) in [5.41, 5.74) is 0.794. The van der Waals surface area contributed by atoms with Crippen LogP contribution in [0.1, 0.15) is 34.8 Å². The largest absolute Gasteiger partial charge is 0.477 e. The molecule has 0 bridgehead atoms. The lowest BCUT2D eigenvalue weighted by Gasteiger charge is -2.37. The summed E-state index contributed by atoms with van der Waals surface area (Å²) in [5, 5.41) is 12.8. The maximum Gasteiger partial charge on any atom is 0.341 e. The van der Waals surface area contributed by atoms with Crippen molar-refractivity contribution in [2.75, 3.05) is 31.1 Å². The molecule has 1 aromatic heterocycles. The number of nitrogens with one attached hydrogen (secondary N) is 1. The first-order valence-corrected chi connectivity index (χ1v) is 9.25. The Balaban J connectivity index is 1.85. The van der Waals surface area contributed by atoms with Gasteiger partial charge in [0.1, 0.15) is 11.4 Å². The molecular formula is C19H20FN3O4. The molecule has 142 valence electrons. The van der Waals surface area contributed by atoms with Gasteiger partial charge in [-0.25, -0.2) is 9.18 Å². The molecule has 3 aliphatic rings. The minimum Gasteiger partial charge on any atom is -0.477 e. The van der Waals surface area contributed by atoms with E-state index in [2.05, 4.69) is 5.32 Å². The molecule has 1 atom stereocenters. The first-order valence-electron chi connectivity index (χ1n) is 9.25. The van der Waals surface area contributed by atoms with E-state index in [0.29, 0.717) is 36.5 Å². The first kappa shape index (κ1) is 16.7. The number of anilines is 1. The molecule has 0 unspecified atom stereocenters. The quantitative estimate of drug-likeness (QED) is 0.830. The van der Waals surface area contributed by atoms with Gasteiger partial charge in [0.2, 0.25) is 5.43 Å². The Morgan fingerprint density at radius 2 is 2.15 bits per heavy atom. The van der Waals surface area contributed by atoms with Crippen LogP contribution in [-0.2, 0) is 11.3 Å². The fraction of sp³-hybridized carbons (Fsp3) is 0.474. The number of nitrogens with zero attached hydrogens (tertiary/aromatic N) is 2. The van der Waals surface area contributed by atoms with Crippen LogP contribution < -0.4 is 15.6 Å². The lowest BCUT2D eigenvalue weighted by atomic mass is 10.0. The Bertz CT molecular complexity index is 1010. The van der Waals surface area contributed by atoms with Crippen LogP contribution in [-0.4, -0.2) is 47.9 Å². The van der Waals surface area contributed by atoms with Crippen LogP contribution >= 0.6 is 0 Å². The van der Waals surface area contributed by atoms with E-state index in [4.69, 9.17) is 4.74 Å². The van der Waals surface area contributed by atoms with Crippen LogP contribution in [0.25, 0.3) is 10.9 Å². The van der Waals surface area contributed by atoms with Gasteiger partial charge < -0.3 is 24.6 Å². The molecule has 2 aromatic rings. The Hall–Kier alpha value is -2.45. The number of piperazine rings is 1. The predicted molar refractivity (Wildman–Crippen MR) is 97.1 cm³/mol. The van der Waals surface area contributed by atoms with Gasteiger partial charge in [-0.15, -0.1) is 0 Å². The van der Waals surface area contributed by atoms with Gasteiger partial charge in [-0.2, -0.15) is 0 Å². The smallest absolute Gasteiger partial charge is 0.341 e. The summed E-state index contributed by atoms with van der Waals surface area (Å²) >= 11 is 0. The van der Waals surface area contributed by atoms with Crippen molar-refractivity contribution in [3.8, 4) is 0 Å². The molecule has 7 nitrogen and oxygen atoms in total. The van der Waals surface area contributed by atoms with E-state index in [1.165, 1.54) is 12.3 Å². The number of carbonyl (C=O) groups is 1. The normalized spacial score (nSPS) is 22.3. The molecule has 27 heavy (non-hydrogen) atoms. The second kappa shape index (κ2) is 6.03. The number of carboxylic acids is 1. The van der Waals surface area contributed by atoms with Crippen LogP contribution in [0.15, 0.2) is 17.1 Å². The maximum atomic E-state index is 15.2. The van der Waals surface area contributed by atoms with Gasteiger partial charge in [0.15, 0.2) is 0 Å². The van der Waals surface area contributed by atoms with Crippen molar-refractivity contribution in [1.29, 1.82) is 0 Å². The summed E-state index contributed by atoms with van der Waals surface area (Å²) in [7, 11) is 0. The number of aromatic nitrogens is 1. The second-order valence-electron chi connectivity index (χ2n) is 7.46. The SMILES string of the molecule is O=C(O)c1cn(C2CC2)c2c3c(c(F)cc2c1=O)N1CCNC[C@H]1COC3. The van der Waals surface area contributed by atoms with Gasteiger partial charge in [0.25, 0.3) is 0 Å². The van der Waals surface area contributed by atoms with Gasteiger partial charge in [0, 0.05) is 42.8 Å². The summed E-state index contributed by atoms with van der Waals surface area (Å²) in [6.07, 6.45) is 3.25. The lowest BCUT2D eigenvalue weighted by Crippen LogP contribution is -2.53. The van der Waals surface area contributed by atoms with E-state index in [9.17, 15) is 14.7 Å². The Morgan fingerprint density at radius 1 is 1.33 bits per heavy atom. The molecule has 0 radical (unpaired) electrons. The van der Waals surface area contributed by atoms with Crippen LogP contribution in [0, 0.1) is 5.82 Å². The second-order valence-corrected chi connectivity index (χ2v) is 7.46. The van der Waals surface area contributed by atoms with Crippen molar-refractivity contribution < 1.29 is 19.0 Å². The highest BCUT2D eigenvalue weighted by Gasteiger charge is 2.34. The number of hydrogen-bond acceptors (Lipinski definition) is 5. The van der Waals surface area contributed by atoms with Gasteiger partial charge in [-0.05, 0) is 18.9 Å². The average molecular weight is 373 g/mol. The summed E-state index contributed by atoms with van der Waals surface area (Å²) in [5.74, 6) is -1.78. The predicted octanol–water partition coefficient (Wildman–Crippen LogP) is 1.48. The number of carboxylic acid groups (broad SMARTS) is 1. The van der Waals surface area contributed by atoms with E-state index >= 15 is 4.39 Å². The van der Waals surface area contributed by atoms with Crippen LogP contribution in [0.5, 0.6) is 0 Å². The minimum absolute atomic E-state index is 0.0336. The van der Waals surface area contributed by atoms with Crippen LogP contribution in [0.2, 0.25) is 0 Å². The number of rotatable bonds is 2. The lowest BCUT2D eigenvalue weighted by molar-refractivity contribution is 0.0695.